The second kappa shape index (κ2) is 7.20. The maximum absolute atomic E-state index is 12.6. The van der Waals surface area contributed by atoms with Crippen molar-refractivity contribution in [2.75, 3.05) is 7.05 Å². The van der Waals surface area contributed by atoms with Gasteiger partial charge in [-0.1, -0.05) is 29.4 Å². The molecule has 4 aromatic rings. The summed E-state index contributed by atoms with van der Waals surface area (Å²) in [7, 11) is 1.75. The second-order valence-electron chi connectivity index (χ2n) is 6.25. The number of nitrogens with zero attached hydrogens (tertiary/aromatic N) is 4. The summed E-state index contributed by atoms with van der Waals surface area (Å²) < 4.78 is 6.95. The number of aryl methyl sites for hydroxylation is 1. The summed E-state index contributed by atoms with van der Waals surface area (Å²) in [5.41, 5.74) is 3.50. The Balaban J connectivity index is 1.66. The molecule has 4 rings (SSSR count). The Hall–Kier alpha value is -3.19. The molecule has 0 spiro atoms. The summed E-state index contributed by atoms with van der Waals surface area (Å²) in [6.45, 7) is 2.21. The summed E-state index contributed by atoms with van der Waals surface area (Å²) in [5, 5.41) is 10.6. The monoisotopic (exact) mass is 378 g/mol. The third-order valence-electron chi connectivity index (χ3n) is 4.16. The Labute approximate surface area is 160 Å². The summed E-state index contributed by atoms with van der Waals surface area (Å²) in [6, 6.07) is 15.6. The van der Waals surface area contributed by atoms with E-state index >= 15 is 0 Å². The lowest BCUT2D eigenvalue weighted by Gasteiger charge is -2.14. The largest absolute Gasteiger partial charge is 0.351 e. The van der Waals surface area contributed by atoms with Gasteiger partial charge in [-0.2, -0.15) is 5.10 Å². The molecular weight excluding hydrogens is 360 g/mol. The number of hydrogen-bond acceptors (Lipinski definition) is 5. The van der Waals surface area contributed by atoms with E-state index in [1.54, 1.807) is 36.3 Å². The Bertz CT molecular complexity index is 1050. The van der Waals surface area contributed by atoms with Crippen molar-refractivity contribution in [2.45, 2.75) is 13.5 Å². The first kappa shape index (κ1) is 17.2. The van der Waals surface area contributed by atoms with Crippen LogP contribution in [0, 0.1) is 6.92 Å². The Morgan fingerprint density at radius 1 is 1.22 bits per heavy atom. The van der Waals surface area contributed by atoms with Crippen LogP contribution in [0.2, 0.25) is 0 Å². The highest BCUT2D eigenvalue weighted by Gasteiger charge is 2.20. The fourth-order valence-corrected chi connectivity index (χ4v) is 3.58. The Kier molecular flexibility index (Phi) is 4.60. The first-order chi connectivity index (χ1) is 13.1. The van der Waals surface area contributed by atoms with Crippen LogP contribution in [0.1, 0.15) is 21.8 Å². The number of thiophene rings is 1. The van der Waals surface area contributed by atoms with Gasteiger partial charge in [-0.15, -0.1) is 11.3 Å². The van der Waals surface area contributed by atoms with E-state index < -0.39 is 0 Å². The maximum Gasteiger partial charge on any atom is 0.292 e. The number of hydrogen-bond donors (Lipinski definition) is 0. The van der Waals surface area contributed by atoms with Crippen LogP contribution in [0.15, 0.2) is 64.6 Å². The molecule has 3 heterocycles. The van der Waals surface area contributed by atoms with Crippen LogP contribution in [0.25, 0.3) is 16.3 Å². The van der Waals surface area contributed by atoms with E-state index in [1.165, 1.54) is 0 Å². The minimum atomic E-state index is -0.208. The van der Waals surface area contributed by atoms with Gasteiger partial charge in [0.2, 0.25) is 5.76 Å². The fourth-order valence-electron chi connectivity index (χ4n) is 2.84. The second-order valence-corrected chi connectivity index (χ2v) is 7.20. The molecule has 0 aliphatic rings. The van der Waals surface area contributed by atoms with Gasteiger partial charge in [0.05, 0.1) is 16.3 Å². The van der Waals surface area contributed by atoms with E-state index in [0.717, 1.165) is 21.8 Å². The third-order valence-corrected chi connectivity index (χ3v) is 5.03. The van der Waals surface area contributed by atoms with Crippen molar-refractivity contribution in [3.63, 3.8) is 0 Å². The molecule has 7 heteroatoms. The first-order valence-corrected chi connectivity index (χ1v) is 9.36. The third kappa shape index (κ3) is 3.54. The lowest BCUT2D eigenvalue weighted by atomic mass is 10.2. The van der Waals surface area contributed by atoms with Crippen molar-refractivity contribution >= 4 is 17.2 Å². The molecule has 0 bridgehead atoms. The number of rotatable bonds is 5. The zero-order chi connectivity index (χ0) is 18.8. The standard InChI is InChI=1S/C20H18N4O2S/c1-14-11-17(26-22-14)20(25)23(2)12-15-13-24(16-7-4-3-5-8-16)21-19(15)18-9-6-10-27-18/h3-11,13H,12H2,1-2H3. The molecule has 27 heavy (non-hydrogen) atoms. The van der Waals surface area contributed by atoms with Gasteiger partial charge in [0.15, 0.2) is 0 Å². The molecule has 3 aromatic heterocycles. The van der Waals surface area contributed by atoms with Gasteiger partial charge < -0.3 is 9.42 Å². The molecular formula is C20H18N4O2S. The van der Waals surface area contributed by atoms with Crippen LogP contribution in [0.5, 0.6) is 0 Å². The molecule has 0 aliphatic carbocycles. The Morgan fingerprint density at radius 3 is 2.70 bits per heavy atom. The number of aromatic nitrogens is 3. The molecule has 6 nitrogen and oxygen atoms in total. The van der Waals surface area contributed by atoms with E-state index in [-0.39, 0.29) is 11.7 Å². The van der Waals surface area contributed by atoms with E-state index in [0.29, 0.717) is 12.2 Å². The first-order valence-electron chi connectivity index (χ1n) is 8.48. The zero-order valence-corrected chi connectivity index (χ0v) is 15.8. The lowest BCUT2D eigenvalue weighted by Crippen LogP contribution is -2.25. The molecule has 0 radical (unpaired) electrons. The number of benzene rings is 1. The number of carbonyl (C=O) groups excluding carboxylic acids is 1. The fraction of sp³-hybridized carbons (Fsp3) is 0.150. The van der Waals surface area contributed by atoms with Crippen molar-refractivity contribution in [2.24, 2.45) is 0 Å². The van der Waals surface area contributed by atoms with Crippen LogP contribution in [-0.4, -0.2) is 32.8 Å². The SMILES string of the molecule is Cc1cc(C(=O)N(C)Cc2cn(-c3ccccc3)nc2-c2cccs2)on1. The van der Waals surface area contributed by atoms with E-state index in [9.17, 15) is 4.79 Å². The molecule has 0 aliphatic heterocycles. The van der Waals surface area contributed by atoms with Gasteiger partial charge in [0, 0.05) is 31.4 Å². The van der Waals surface area contributed by atoms with Crippen LogP contribution >= 0.6 is 11.3 Å². The van der Waals surface area contributed by atoms with E-state index in [4.69, 9.17) is 9.62 Å². The zero-order valence-electron chi connectivity index (χ0n) is 15.0. The highest BCUT2D eigenvalue weighted by atomic mass is 32.1. The Morgan fingerprint density at radius 2 is 2.04 bits per heavy atom. The molecule has 0 saturated carbocycles. The van der Waals surface area contributed by atoms with Crippen LogP contribution in [-0.2, 0) is 6.54 Å². The number of amides is 1. The average molecular weight is 378 g/mol. The molecule has 0 saturated heterocycles. The predicted octanol–water partition coefficient (Wildman–Crippen LogP) is 4.17. The van der Waals surface area contributed by atoms with Crippen LogP contribution in [0.4, 0.5) is 0 Å². The van der Waals surface area contributed by atoms with E-state index in [2.05, 4.69) is 5.16 Å². The summed E-state index contributed by atoms with van der Waals surface area (Å²) >= 11 is 1.63. The van der Waals surface area contributed by atoms with Crippen molar-refractivity contribution in [1.29, 1.82) is 0 Å². The maximum atomic E-state index is 12.6. The van der Waals surface area contributed by atoms with Gasteiger partial charge in [0.25, 0.3) is 5.91 Å². The van der Waals surface area contributed by atoms with Crippen molar-refractivity contribution in [1.82, 2.24) is 19.8 Å². The summed E-state index contributed by atoms with van der Waals surface area (Å²) in [5.74, 6) is 0.0308. The molecule has 1 aromatic carbocycles. The quantitative estimate of drug-likeness (QED) is 0.523. The minimum Gasteiger partial charge on any atom is -0.351 e. The van der Waals surface area contributed by atoms with Crippen LogP contribution in [0.3, 0.4) is 0 Å². The van der Waals surface area contributed by atoms with Crippen molar-refractivity contribution in [3.05, 3.63) is 77.1 Å². The number of carbonyl (C=O) groups is 1. The molecule has 0 fully saturated rings. The minimum absolute atomic E-state index is 0.208. The van der Waals surface area contributed by atoms with Gasteiger partial charge in [-0.05, 0) is 30.5 Å². The normalized spacial score (nSPS) is 10.9. The molecule has 1 amide bonds. The van der Waals surface area contributed by atoms with Gasteiger partial charge in [-0.3, -0.25) is 4.79 Å². The summed E-state index contributed by atoms with van der Waals surface area (Å²) in [6.07, 6.45) is 1.97. The molecule has 0 N–H and O–H groups in total. The highest BCUT2D eigenvalue weighted by Crippen LogP contribution is 2.28. The van der Waals surface area contributed by atoms with E-state index in [1.807, 2.05) is 58.7 Å². The molecule has 0 atom stereocenters. The lowest BCUT2D eigenvalue weighted by molar-refractivity contribution is 0.0743. The molecule has 0 unspecified atom stereocenters. The average Bonchev–Trinajstić information content (AvgIpc) is 3.42. The van der Waals surface area contributed by atoms with Crippen molar-refractivity contribution in [3.8, 4) is 16.3 Å². The molecule has 136 valence electrons. The van der Waals surface area contributed by atoms with Gasteiger partial charge >= 0.3 is 0 Å². The van der Waals surface area contributed by atoms with Crippen LogP contribution < -0.4 is 0 Å². The highest BCUT2D eigenvalue weighted by molar-refractivity contribution is 7.13. The summed E-state index contributed by atoms with van der Waals surface area (Å²) in [4.78, 5) is 15.3. The topological polar surface area (TPSA) is 64.2 Å². The smallest absolute Gasteiger partial charge is 0.292 e. The van der Waals surface area contributed by atoms with Gasteiger partial charge in [0.1, 0.15) is 5.69 Å². The number of para-hydroxylation sites is 1. The van der Waals surface area contributed by atoms with Crippen molar-refractivity contribution < 1.29 is 9.32 Å². The predicted molar refractivity (Wildman–Crippen MR) is 104 cm³/mol. The van der Waals surface area contributed by atoms with Gasteiger partial charge in [-0.25, -0.2) is 4.68 Å².